The summed E-state index contributed by atoms with van der Waals surface area (Å²) in [5.74, 6) is 0.150. The SMILES string of the molecule is C[C@H](O)c1cc(Br)cc([N+](=O)[O-])c1OCCC(C)(C)C. The molecule has 0 fully saturated rings. The first-order valence-corrected chi connectivity index (χ1v) is 7.20. The number of ether oxygens (including phenoxy) is 1. The molecule has 0 aromatic heterocycles. The Bertz CT molecular complexity index is 495. The first-order valence-electron chi connectivity index (χ1n) is 6.40. The number of benzene rings is 1. The van der Waals surface area contributed by atoms with Crippen molar-refractivity contribution in [2.45, 2.75) is 40.2 Å². The quantitative estimate of drug-likeness (QED) is 0.640. The summed E-state index contributed by atoms with van der Waals surface area (Å²) in [7, 11) is 0. The molecule has 0 saturated heterocycles. The Hall–Kier alpha value is -1.14. The van der Waals surface area contributed by atoms with Crippen LogP contribution in [0.1, 0.15) is 45.8 Å². The van der Waals surface area contributed by atoms with Crippen molar-refractivity contribution in [1.29, 1.82) is 0 Å². The van der Waals surface area contributed by atoms with Crippen LogP contribution in [0.5, 0.6) is 5.75 Å². The van der Waals surface area contributed by atoms with Crippen LogP contribution in [0.2, 0.25) is 0 Å². The van der Waals surface area contributed by atoms with Gasteiger partial charge in [-0.1, -0.05) is 36.7 Å². The van der Waals surface area contributed by atoms with E-state index in [1.807, 2.05) is 0 Å². The number of aliphatic hydroxyl groups excluding tert-OH is 1. The van der Waals surface area contributed by atoms with E-state index >= 15 is 0 Å². The van der Waals surface area contributed by atoms with Crippen molar-refractivity contribution in [3.8, 4) is 5.75 Å². The standard InChI is InChI=1S/C14H20BrNO4/c1-9(17)11-7-10(15)8-12(16(18)19)13(11)20-6-5-14(2,3)4/h7-9,17H,5-6H2,1-4H3/t9-/m0/s1. The van der Waals surface area contributed by atoms with Gasteiger partial charge in [0.15, 0.2) is 0 Å². The average molecular weight is 346 g/mol. The van der Waals surface area contributed by atoms with E-state index in [0.717, 1.165) is 6.42 Å². The average Bonchev–Trinajstić information content (AvgIpc) is 2.28. The van der Waals surface area contributed by atoms with E-state index in [-0.39, 0.29) is 16.9 Å². The van der Waals surface area contributed by atoms with E-state index in [2.05, 4.69) is 36.7 Å². The molecule has 0 amide bonds. The number of rotatable bonds is 5. The zero-order valence-corrected chi connectivity index (χ0v) is 13.7. The molecule has 20 heavy (non-hydrogen) atoms. The summed E-state index contributed by atoms with van der Waals surface area (Å²) in [5.41, 5.74) is 0.360. The van der Waals surface area contributed by atoms with Gasteiger partial charge in [-0.05, 0) is 24.8 Å². The van der Waals surface area contributed by atoms with Gasteiger partial charge < -0.3 is 9.84 Å². The molecule has 6 heteroatoms. The molecule has 0 bridgehead atoms. The topological polar surface area (TPSA) is 72.6 Å². The van der Waals surface area contributed by atoms with Crippen molar-refractivity contribution >= 4 is 21.6 Å². The van der Waals surface area contributed by atoms with E-state index in [1.165, 1.54) is 6.07 Å². The van der Waals surface area contributed by atoms with Gasteiger partial charge in [0.2, 0.25) is 5.75 Å². The molecule has 0 saturated carbocycles. The highest BCUT2D eigenvalue weighted by Gasteiger charge is 2.23. The van der Waals surface area contributed by atoms with Gasteiger partial charge in [0.05, 0.1) is 17.6 Å². The maximum Gasteiger partial charge on any atom is 0.312 e. The van der Waals surface area contributed by atoms with Crippen molar-refractivity contribution in [3.63, 3.8) is 0 Å². The molecule has 0 spiro atoms. The van der Waals surface area contributed by atoms with Gasteiger partial charge >= 0.3 is 5.69 Å². The number of halogens is 1. The Labute approximate surface area is 127 Å². The van der Waals surface area contributed by atoms with Crippen LogP contribution >= 0.6 is 15.9 Å². The van der Waals surface area contributed by atoms with E-state index in [1.54, 1.807) is 13.0 Å². The van der Waals surface area contributed by atoms with Crippen molar-refractivity contribution in [3.05, 3.63) is 32.3 Å². The fraction of sp³-hybridized carbons (Fsp3) is 0.571. The molecule has 0 aliphatic heterocycles. The second kappa shape index (κ2) is 6.54. The molecule has 0 aliphatic carbocycles. The number of hydrogen-bond acceptors (Lipinski definition) is 4. The largest absolute Gasteiger partial charge is 0.487 e. The first-order chi connectivity index (χ1) is 9.11. The van der Waals surface area contributed by atoms with Crippen LogP contribution in [-0.2, 0) is 0 Å². The highest BCUT2D eigenvalue weighted by Crippen LogP contribution is 2.38. The molecular formula is C14H20BrNO4. The molecule has 112 valence electrons. The molecule has 1 rings (SSSR count). The van der Waals surface area contributed by atoms with Crippen LogP contribution < -0.4 is 4.74 Å². The third-order valence-corrected chi connectivity index (χ3v) is 3.27. The monoisotopic (exact) mass is 345 g/mol. The number of nitro groups is 1. The van der Waals surface area contributed by atoms with Gasteiger partial charge in [-0.15, -0.1) is 0 Å². The lowest BCUT2D eigenvalue weighted by Crippen LogP contribution is -2.13. The summed E-state index contributed by atoms with van der Waals surface area (Å²) >= 11 is 3.21. The Morgan fingerprint density at radius 1 is 1.45 bits per heavy atom. The molecule has 0 radical (unpaired) electrons. The number of nitro benzene ring substituents is 1. The van der Waals surface area contributed by atoms with Gasteiger partial charge in [0, 0.05) is 16.1 Å². The van der Waals surface area contributed by atoms with E-state index in [4.69, 9.17) is 4.74 Å². The van der Waals surface area contributed by atoms with Crippen LogP contribution in [0.3, 0.4) is 0 Å². The van der Waals surface area contributed by atoms with Crippen LogP contribution in [0.4, 0.5) is 5.69 Å². The maximum atomic E-state index is 11.1. The lowest BCUT2D eigenvalue weighted by Gasteiger charge is -2.19. The van der Waals surface area contributed by atoms with E-state index in [9.17, 15) is 15.2 Å². The summed E-state index contributed by atoms with van der Waals surface area (Å²) in [6, 6.07) is 3.03. The Kier molecular flexibility index (Phi) is 5.53. The number of hydrogen-bond donors (Lipinski definition) is 1. The molecule has 1 aromatic carbocycles. The zero-order chi connectivity index (χ0) is 15.5. The molecule has 1 aromatic rings. The minimum atomic E-state index is -0.837. The fourth-order valence-corrected chi connectivity index (χ4v) is 2.13. The zero-order valence-electron chi connectivity index (χ0n) is 12.1. The van der Waals surface area contributed by atoms with Gasteiger partial charge in [-0.3, -0.25) is 10.1 Å². The molecular weight excluding hydrogens is 326 g/mol. The van der Waals surface area contributed by atoms with Crippen molar-refractivity contribution in [2.75, 3.05) is 6.61 Å². The smallest absolute Gasteiger partial charge is 0.312 e. The molecule has 1 atom stereocenters. The third-order valence-electron chi connectivity index (χ3n) is 2.81. The van der Waals surface area contributed by atoms with Crippen LogP contribution in [0, 0.1) is 15.5 Å². The summed E-state index contributed by atoms with van der Waals surface area (Å²) in [4.78, 5) is 10.6. The predicted molar refractivity (Wildman–Crippen MR) is 81.0 cm³/mol. The van der Waals surface area contributed by atoms with Gasteiger partial charge in [0.25, 0.3) is 0 Å². The second-order valence-corrected chi connectivity index (χ2v) is 6.85. The summed E-state index contributed by atoms with van der Waals surface area (Å²) in [6.45, 7) is 8.14. The Morgan fingerprint density at radius 2 is 2.05 bits per heavy atom. The molecule has 5 nitrogen and oxygen atoms in total. The lowest BCUT2D eigenvalue weighted by molar-refractivity contribution is -0.386. The fourth-order valence-electron chi connectivity index (χ4n) is 1.66. The summed E-state index contributed by atoms with van der Waals surface area (Å²) in [6.07, 6.45) is -0.0738. The normalized spacial score (nSPS) is 13.1. The van der Waals surface area contributed by atoms with E-state index < -0.39 is 11.0 Å². The van der Waals surface area contributed by atoms with Crippen LogP contribution in [-0.4, -0.2) is 16.6 Å². The summed E-state index contributed by atoms with van der Waals surface area (Å²) < 4.78 is 6.14. The molecule has 1 N–H and O–H groups in total. The van der Waals surface area contributed by atoms with Crippen molar-refractivity contribution in [2.24, 2.45) is 5.41 Å². The lowest BCUT2D eigenvalue weighted by atomic mass is 9.93. The minimum absolute atomic E-state index is 0.0785. The van der Waals surface area contributed by atoms with Gasteiger partial charge in [0.1, 0.15) is 0 Å². The second-order valence-electron chi connectivity index (χ2n) is 5.94. The molecule has 0 heterocycles. The van der Waals surface area contributed by atoms with E-state index in [0.29, 0.717) is 16.6 Å². The summed E-state index contributed by atoms with van der Waals surface area (Å²) in [5, 5.41) is 20.9. The predicted octanol–water partition coefficient (Wildman–Crippen LogP) is 4.23. The van der Waals surface area contributed by atoms with Crippen LogP contribution in [0.25, 0.3) is 0 Å². The van der Waals surface area contributed by atoms with Crippen molar-refractivity contribution in [1.82, 2.24) is 0 Å². The Morgan fingerprint density at radius 3 is 2.50 bits per heavy atom. The molecule has 0 unspecified atom stereocenters. The highest BCUT2D eigenvalue weighted by atomic mass is 79.9. The van der Waals surface area contributed by atoms with Crippen molar-refractivity contribution < 1.29 is 14.8 Å². The first kappa shape index (κ1) is 16.9. The van der Waals surface area contributed by atoms with Gasteiger partial charge in [-0.2, -0.15) is 0 Å². The highest BCUT2D eigenvalue weighted by molar-refractivity contribution is 9.10. The van der Waals surface area contributed by atoms with Gasteiger partial charge in [-0.25, -0.2) is 0 Å². The minimum Gasteiger partial charge on any atom is -0.487 e. The number of aliphatic hydroxyl groups is 1. The molecule has 0 aliphatic rings. The van der Waals surface area contributed by atoms with Crippen LogP contribution in [0.15, 0.2) is 16.6 Å². The Balaban J connectivity index is 3.10. The third kappa shape index (κ3) is 4.76. The maximum absolute atomic E-state index is 11.1. The number of nitrogens with zero attached hydrogens (tertiary/aromatic N) is 1.